The van der Waals surface area contributed by atoms with Crippen LogP contribution in [0.4, 0.5) is 0 Å². The van der Waals surface area contributed by atoms with Gasteiger partial charge in [0, 0.05) is 20.2 Å². The summed E-state index contributed by atoms with van der Waals surface area (Å²) in [6.45, 7) is 6.78. The third-order valence-corrected chi connectivity index (χ3v) is 5.60. The van der Waals surface area contributed by atoms with Crippen molar-refractivity contribution in [3.8, 4) is 11.1 Å². The maximum atomic E-state index is 2.27. The van der Waals surface area contributed by atoms with Crippen molar-refractivity contribution in [2.45, 2.75) is 26.2 Å². The fourth-order valence-corrected chi connectivity index (χ4v) is 4.30. The first-order valence-electron chi connectivity index (χ1n) is 8.05. The average molecular weight is 316 g/mol. The Labute approximate surface area is 141 Å². The second-order valence-corrected chi connectivity index (χ2v) is 8.19. The quantitative estimate of drug-likeness (QED) is 0.354. The van der Waals surface area contributed by atoms with Crippen LogP contribution in [0.1, 0.15) is 26.3 Å². The van der Waals surface area contributed by atoms with Crippen molar-refractivity contribution in [1.29, 1.82) is 0 Å². The predicted molar refractivity (Wildman–Crippen MR) is 103 cm³/mol. The summed E-state index contributed by atoms with van der Waals surface area (Å²) in [6.07, 6.45) is 0. The second-order valence-electron chi connectivity index (χ2n) is 7.10. The van der Waals surface area contributed by atoms with Crippen LogP contribution < -0.4 is 0 Å². The average Bonchev–Trinajstić information content (AvgIpc) is 2.93. The Balaban J connectivity index is 1.95. The molecular weight excluding hydrogens is 296 g/mol. The van der Waals surface area contributed by atoms with Gasteiger partial charge in [-0.15, -0.1) is 11.3 Å². The Morgan fingerprint density at radius 3 is 2.13 bits per heavy atom. The van der Waals surface area contributed by atoms with Gasteiger partial charge in [0.25, 0.3) is 0 Å². The molecule has 3 aromatic carbocycles. The Hall–Kier alpha value is -2.12. The molecule has 0 atom stereocenters. The molecule has 114 valence electrons. The van der Waals surface area contributed by atoms with Gasteiger partial charge >= 0.3 is 0 Å². The van der Waals surface area contributed by atoms with Crippen molar-refractivity contribution in [2.75, 3.05) is 0 Å². The molecule has 0 nitrogen and oxygen atoms in total. The molecule has 4 rings (SSSR count). The fraction of sp³-hybridized carbons (Fsp3) is 0.182. The summed E-state index contributed by atoms with van der Waals surface area (Å²) in [4.78, 5) is 0. The lowest BCUT2D eigenvalue weighted by Crippen LogP contribution is -2.10. The van der Waals surface area contributed by atoms with E-state index in [1.54, 1.807) is 0 Å². The molecule has 0 fully saturated rings. The van der Waals surface area contributed by atoms with E-state index < -0.39 is 0 Å². The van der Waals surface area contributed by atoms with E-state index in [1.165, 1.54) is 36.9 Å². The Morgan fingerprint density at radius 2 is 1.39 bits per heavy atom. The first-order chi connectivity index (χ1) is 11.0. The molecule has 4 aromatic rings. The number of thiophene rings is 1. The molecule has 0 unspecified atom stereocenters. The van der Waals surface area contributed by atoms with Crippen molar-refractivity contribution in [3.05, 3.63) is 72.3 Å². The van der Waals surface area contributed by atoms with Crippen LogP contribution in [-0.2, 0) is 5.41 Å². The van der Waals surface area contributed by atoms with Gasteiger partial charge in [0.05, 0.1) is 0 Å². The van der Waals surface area contributed by atoms with Gasteiger partial charge < -0.3 is 0 Å². The Kier molecular flexibility index (Phi) is 3.28. The van der Waals surface area contributed by atoms with Crippen LogP contribution in [0.25, 0.3) is 31.3 Å². The highest BCUT2D eigenvalue weighted by atomic mass is 32.1. The van der Waals surface area contributed by atoms with Crippen molar-refractivity contribution in [1.82, 2.24) is 0 Å². The van der Waals surface area contributed by atoms with Crippen LogP contribution in [0.5, 0.6) is 0 Å². The molecule has 0 amide bonds. The summed E-state index contributed by atoms with van der Waals surface area (Å²) in [5.74, 6) is 0. The zero-order chi connectivity index (χ0) is 16.0. The van der Waals surface area contributed by atoms with Crippen LogP contribution in [0.3, 0.4) is 0 Å². The summed E-state index contributed by atoms with van der Waals surface area (Å²) >= 11 is 1.88. The van der Waals surface area contributed by atoms with Crippen LogP contribution in [-0.4, -0.2) is 0 Å². The van der Waals surface area contributed by atoms with E-state index >= 15 is 0 Å². The maximum Gasteiger partial charge on any atom is 0.0361 e. The van der Waals surface area contributed by atoms with E-state index in [1.807, 2.05) is 11.3 Å². The van der Waals surface area contributed by atoms with Crippen LogP contribution in [0.15, 0.2) is 66.7 Å². The van der Waals surface area contributed by atoms with Gasteiger partial charge in [-0.05, 0) is 34.2 Å². The smallest absolute Gasteiger partial charge is 0.0361 e. The molecule has 0 saturated heterocycles. The van der Waals surface area contributed by atoms with Crippen LogP contribution >= 0.6 is 11.3 Å². The molecule has 0 radical (unpaired) electrons. The van der Waals surface area contributed by atoms with E-state index in [0.717, 1.165) is 0 Å². The van der Waals surface area contributed by atoms with Crippen LogP contribution in [0.2, 0.25) is 0 Å². The van der Waals surface area contributed by atoms with Crippen molar-refractivity contribution < 1.29 is 0 Å². The molecule has 0 N–H and O–H groups in total. The van der Waals surface area contributed by atoms with Crippen molar-refractivity contribution >= 4 is 31.5 Å². The van der Waals surface area contributed by atoms with E-state index in [0.29, 0.717) is 0 Å². The highest BCUT2D eigenvalue weighted by Crippen LogP contribution is 2.40. The van der Waals surface area contributed by atoms with E-state index in [9.17, 15) is 0 Å². The van der Waals surface area contributed by atoms with Gasteiger partial charge in [-0.2, -0.15) is 0 Å². The highest BCUT2D eigenvalue weighted by Gasteiger charge is 2.14. The molecule has 1 heteroatoms. The highest BCUT2D eigenvalue weighted by molar-refractivity contribution is 7.25. The summed E-state index contributed by atoms with van der Waals surface area (Å²) in [7, 11) is 0. The summed E-state index contributed by atoms with van der Waals surface area (Å²) in [5.41, 5.74) is 4.20. The molecule has 23 heavy (non-hydrogen) atoms. The monoisotopic (exact) mass is 316 g/mol. The summed E-state index contributed by atoms with van der Waals surface area (Å²) < 4.78 is 2.73. The number of benzene rings is 3. The standard InChI is InChI=1S/C22H20S/c1-22(2,3)16-13-11-15(12-14-16)17-8-6-10-20-21(17)18-7-4-5-9-19(18)23-20/h4-14H,1-3H3. The lowest BCUT2D eigenvalue weighted by Gasteiger charge is -2.19. The van der Waals surface area contributed by atoms with Gasteiger partial charge in [-0.25, -0.2) is 0 Å². The third-order valence-electron chi connectivity index (χ3n) is 4.46. The topological polar surface area (TPSA) is 0 Å². The molecule has 1 aromatic heterocycles. The maximum absolute atomic E-state index is 2.27. The van der Waals surface area contributed by atoms with Crippen molar-refractivity contribution in [3.63, 3.8) is 0 Å². The molecule has 0 aliphatic rings. The van der Waals surface area contributed by atoms with E-state index in [4.69, 9.17) is 0 Å². The Bertz CT molecular complexity index is 982. The zero-order valence-electron chi connectivity index (χ0n) is 13.8. The lowest BCUT2D eigenvalue weighted by atomic mass is 9.86. The second kappa shape index (κ2) is 5.21. The molecule has 0 saturated carbocycles. The molecule has 1 heterocycles. The summed E-state index contributed by atoms with van der Waals surface area (Å²) in [6, 6.07) is 24.4. The summed E-state index contributed by atoms with van der Waals surface area (Å²) in [5, 5.41) is 2.75. The minimum absolute atomic E-state index is 0.194. The number of rotatable bonds is 1. The largest absolute Gasteiger partial charge is 0.135 e. The van der Waals surface area contributed by atoms with Gasteiger partial charge in [-0.3, -0.25) is 0 Å². The SMILES string of the molecule is CC(C)(C)c1ccc(-c2cccc3sc4ccccc4c23)cc1. The molecular formula is C22H20S. The van der Waals surface area contributed by atoms with Gasteiger partial charge in [-0.1, -0.05) is 75.4 Å². The zero-order valence-corrected chi connectivity index (χ0v) is 14.6. The van der Waals surface area contributed by atoms with Crippen molar-refractivity contribution in [2.24, 2.45) is 0 Å². The van der Waals surface area contributed by atoms with Gasteiger partial charge in [0.2, 0.25) is 0 Å². The normalized spacial score (nSPS) is 12.1. The van der Waals surface area contributed by atoms with E-state index in [-0.39, 0.29) is 5.41 Å². The van der Waals surface area contributed by atoms with Gasteiger partial charge in [0.15, 0.2) is 0 Å². The van der Waals surface area contributed by atoms with E-state index in [2.05, 4.69) is 87.5 Å². The predicted octanol–water partition coefficient (Wildman–Crippen LogP) is 7.02. The molecule has 0 aliphatic carbocycles. The molecule has 0 bridgehead atoms. The minimum Gasteiger partial charge on any atom is -0.135 e. The molecule has 0 aliphatic heterocycles. The molecule has 0 spiro atoms. The third kappa shape index (κ3) is 2.46. The number of hydrogen-bond donors (Lipinski definition) is 0. The van der Waals surface area contributed by atoms with Crippen LogP contribution in [0, 0.1) is 0 Å². The minimum atomic E-state index is 0.194. The first-order valence-corrected chi connectivity index (χ1v) is 8.87. The number of fused-ring (bicyclic) bond motifs is 3. The Morgan fingerprint density at radius 1 is 0.696 bits per heavy atom. The lowest BCUT2D eigenvalue weighted by molar-refractivity contribution is 0.590. The first kappa shape index (κ1) is 14.5. The van der Waals surface area contributed by atoms with Gasteiger partial charge in [0.1, 0.15) is 0 Å². The number of hydrogen-bond acceptors (Lipinski definition) is 1. The fourth-order valence-electron chi connectivity index (χ4n) is 3.16.